The summed E-state index contributed by atoms with van der Waals surface area (Å²) >= 11 is 0. The van der Waals surface area contributed by atoms with Crippen LogP contribution in [0.4, 0.5) is 0 Å². The maximum atomic E-state index is 6.04. The van der Waals surface area contributed by atoms with E-state index in [0.29, 0.717) is 5.92 Å². The highest BCUT2D eigenvalue weighted by Gasteiger charge is 2.23. The van der Waals surface area contributed by atoms with Crippen LogP contribution in [-0.2, 0) is 0 Å². The second-order valence-corrected chi connectivity index (χ2v) is 3.31. The number of rotatable bonds is 2. The number of hydrogen-bond donors (Lipinski definition) is 3. The van der Waals surface area contributed by atoms with Gasteiger partial charge in [0.05, 0.1) is 6.20 Å². The van der Waals surface area contributed by atoms with Gasteiger partial charge < -0.3 is 11.1 Å². The number of nitrogens with zero attached hydrogens (tertiary/aromatic N) is 1. The Kier molecular flexibility index (Phi) is 2.10. The Morgan fingerprint density at radius 1 is 1.67 bits per heavy atom. The number of aromatic nitrogens is 2. The zero-order valence-corrected chi connectivity index (χ0v) is 6.96. The molecule has 1 aromatic rings. The Hall–Kier alpha value is -0.870. The van der Waals surface area contributed by atoms with Crippen molar-refractivity contribution in [2.75, 3.05) is 13.1 Å². The molecule has 2 unspecified atom stereocenters. The second kappa shape index (κ2) is 3.25. The first kappa shape index (κ1) is 7.76. The average Bonchev–Trinajstić information content (AvgIpc) is 2.77. The van der Waals surface area contributed by atoms with E-state index in [1.807, 2.05) is 12.4 Å². The number of hydrogen-bond acceptors (Lipinski definition) is 3. The molecule has 2 rings (SSSR count). The molecule has 0 bridgehead atoms. The summed E-state index contributed by atoms with van der Waals surface area (Å²) in [6.07, 6.45) is 4.86. The molecule has 1 saturated heterocycles. The van der Waals surface area contributed by atoms with Crippen molar-refractivity contribution in [1.82, 2.24) is 15.5 Å². The van der Waals surface area contributed by atoms with Crippen molar-refractivity contribution in [3.63, 3.8) is 0 Å². The van der Waals surface area contributed by atoms with Gasteiger partial charge in [0.25, 0.3) is 0 Å². The fraction of sp³-hybridized carbons (Fsp3) is 0.625. The summed E-state index contributed by atoms with van der Waals surface area (Å²) < 4.78 is 0. The first-order valence-corrected chi connectivity index (χ1v) is 4.33. The van der Waals surface area contributed by atoms with Crippen LogP contribution in [0.25, 0.3) is 0 Å². The van der Waals surface area contributed by atoms with E-state index < -0.39 is 0 Å². The van der Waals surface area contributed by atoms with Gasteiger partial charge in [0, 0.05) is 17.8 Å². The lowest BCUT2D eigenvalue weighted by atomic mass is 9.95. The third-order valence-corrected chi connectivity index (χ3v) is 2.51. The Balaban J connectivity index is 2.04. The molecule has 2 heterocycles. The van der Waals surface area contributed by atoms with Gasteiger partial charge in [-0.1, -0.05) is 0 Å². The molecule has 1 aromatic heterocycles. The summed E-state index contributed by atoms with van der Waals surface area (Å²) in [6.45, 7) is 2.13. The zero-order valence-electron chi connectivity index (χ0n) is 6.96. The van der Waals surface area contributed by atoms with Gasteiger partial charge in [0.1, 0.15) is 0 Å². The predicted molar refractivity (Wildman–Crippen MR) is 46.5 cm³/mol. The molecule has 1 aliphatic heterocycles. The lowest BCUT2D eigenvalue weighted by Crippen LogP contribution is -2.22. The molecule has 2 atom stereocenters. The molecule has 1 fully saturated rings. The molecule has 0 spiro atoms. The topological polar surface area (TPSA) is 66.7 Å². The Labute approximate surface area is 71.5 Å². The number of nitrogens with two attached hydrogens (primary N) is 1. The molecule has 0 aliphatic carbocycles. The summed E-state index contributed by atoms with van der Waals surface area (Å²) in [6, 6.07) is 0.138. The Morgan fingerprint density at radius 2 is 2.58 bits per heavy atom. The normalized spacial score (nSPS) is 25.9. The molecule has 1 aliphatic rings. The second-order valence-electron chi connectivity index (χ2n) is 3.31. The van der Waals surface area contributed by atoms with Gasteiger partial charge >= 0.3 is 0 Å². The fourth-order valence-corrected chi connectivity index (χ4v) is 1.70. The average molecular weight is 166 g/mol. The van der Waals surface area contributed by atoms with Gasteiger partial charge in [-0.15, -0.1) is 0 Å². The SMILES string of the molecule is NC(c1cn[nH]c1)C1CCNC1. The van der Waals surface area contributed by atoms with Crippen LogP contribution in [0.2, 0.25) is 0 Å². The van der Waals surface area contributed by atoms with Crippen LogP contribution in [0.15, 0.2) is 12.4 Å². The molecule has 0 radical (unpaired) electrons. The van der Waals surface area contributed by atoms with E-state index in [-0.39, 0.29) is 6.04 Å². The van der Waals surface area contributed by atoms with Crippen LogP contribution in [0.3, 0.4) is 0 Å². The first-order valence-electron chi connectivity index (χ1n) is 4.33. The van der Waals surface area contributed by atoms with E-state index in [2.05, 4.69) is 15.5 Å². The van der Waals surface area contributed by atoms with Crippen LogP contribution >= 0.6 is 0 Å². The van der Waals surface area contributed by atoms with Gasteiger partial charge in [0.15, 0.2) is 0 Å². The quantitative estimate of drug-likeness (QED) is 0.580. The lowest BCUT2D eigenvalue weighted by Gasteiger charge is -2.15. The maximum Gasteiger partial charge on any atom is 0.0535 e. The van der Waals surface area contributed by atoms with E-state index >= 15 is 0 Å². The van der Waals surface area contributed by atoms with Crippen molar-refractivity contribution in [2.24, 2.45) is 11.7 Å². The molecule has 0 saturated carbocycles. The van der Waals surface area contributed by atoms with Crippen molar-refractivity contribution in [2.45, 2.75) is 12.5 Å². The number of H-pyrrole nitrogens is 1. The smallest absolute Gasteiger partial charge is 0.0535 e. The lowest BCUT2D eigenvalue weighted by molar-refractivity contribution is 0.470. The van der Waals surface area contributed by atoms with Crippen molar-refractivity contribution in [3.05, 3.63) is 18.0 Å². The van der Waals surface area contributed by atoms with Crippen LogP contribution in [0, 0.1) is 5.92 Å². The van der Waals surface area contributed by atoms with Crippen LogP contribution < -0.4 is 11.1 Å². The van der Waals surface area contributed by atoms with Crippen molar-refractivity contribution in [1.29, 1.82) is 0 Å². The summed E-state index contributed by atoms with van der Waals surface area (Å²) in [7, 11) is 0. The Morgan fingerprint density at radius 3 is 3.17 bits per heavy atom. The van der Waals surface area contributed by atoms with E-state index in [0.717, 1.165) is 18.7 Å². The third kappa shape index (κ3) is 1.35. The minimum Gasteiger partial charge on any atom is -0.324 e. The molecule has 4 nitrogen and oxygen atoms in total. The molecule has 66 valence electrons. The predicted octanol–water partition coefficient (Wildman–Crippen LogP) is 0.0190. The molecule has 12 heavy (non-hydrogen) atoms. The van der Waals surface area contributed by atoms with Crippen molar-refractivity contribution in [3.8, 4) is 0 Å². The van der Waals surface area contributed by atoms with Gasteiger partial charge in [-0.2, -0.15) is 5.10 Å². The van der Waals surface area contributed by atoms with Crippen LogP contribution in [0.5, 0.6) is 0 Å². The highest BCUT2D eigenvalue weighted by molar-refractivity contribution is 5.10. The molecular formula is C8H14N4. The van der Waals surface area contributed by atoms with Crippen molar-refractivity contribution < 1.29 is 0 Å². The van der Waals surface area contributed by atoms with E-state index in [1.54, 1.807) is 0 Å². The highest BCUT2D eigenvalue weighted by atomic mass is 15.1. The first-order chi connectivity index (χ1) is 5.88. The minimum atomic E-state index is 0.138. The van der Waals surface area contributed by atoms with E-state index in [9.17, 15) is 0 Å². The minimum absolute atomic E-state index is 0.138. The molecule has 4 N–H and O–H groups in total. The van der Waals surface area contributed by atoms with Gasteiger partial charge in [0.2, 0.25) is 0 Å². The van der Waals surface area contributed by atoms with E-state index in [4.69, 9.17) is 5.73 Å². The van der Waals surface area contributed by atoms with Gasteiger partial charge in [-0.05, 0) is 25.4 Å². The van der Waals surface area contributed by atoms with Crippen LogP contribution in [0.1, 0.15) is 18.0 Å². The summed E-state index contributed by atoms with van der Waals surface area (Å²) in [5.41, 5.74) is 7.16. The standard InChI is InChI=1S/C8H14N4/c9-8(6-1-2-10-3-6)7-4-11-12-5-7/h4-6,8,10H,1-3,9H2,(H,11,12). The molecule has 4 heteroatoms. The number of aromatic amines is 1. The maximum absolute atomic E-state index is 6.04. The molecular weight excluding hydrogens is 152 g/mol. The summed E-state index contributed by atoms with van der Waals surface area (Å²) in [5, 5.41) is 9.98. The third-order valence-electron chi connectivity index (χ3n) is 2.51. The summed E-state index contributed by atoms with van der Waals surface area (Å²) in [5.74, 6) is 0.572. The monoisotopic (exact) mass is 166 g/mol. The fourth-order valence-electron chi connectivity index (χ4n) is 1.70. The Bertz CT molecular complexity index is 225. The molecule has 0 amide bonds. The van der Waals surface area contributed by atoms with Crippen LogP contribution in [-0.4, -0.2) is 23.3 Å². The highest BCUT2D eigenvalue weighted by Crippen LogP contribution is 2.23. The summed E-state index contributed by atoms with van der Waals surface area (Å²) in [4.78, 5) is 0. The largest absolute Gasteiger partial charge is 0.324 e. The zero-order chi connectivity index (χ0) is 8.39. The van der Waals surface area contributed by atoms with Gasteiger partial charge in [-0.25, -0.2) is 0 Å². The molecule has 0 aromatic carbocycles. The van der Waals surface area contributed by atoms with Gasteiger partial charge in [-0.3, -0.25) is 5.10 Å². The van der Waals surface area contributed by atoms with Crippen molar-refractivity contribution >= 4 is 0 Å². The van der Waals surface area contributed by atoms with E-state index in [1.165, 1.54) is 6.42 Å². The number of nitrogens with one attached hydrogen (secondary N) is 2.